The summed E-state index contributed by atoms with van der Waals surface area (Å²) in [6.07, 6.45) is 0. The van der Waals surface area contributed by atoms with Gasteiger partial charge in [-0.05, 0) is 24.6 Å². The minimum atomic E-state index is -0.948. The molecule has 0 aliphatic carbocycles. The zero-order valence-corrected chi connectivity index (χ0v) is 13.5. The van der Waals surface area contributed by atoms with Crippen molar-refractivity contribution in [3.8, 4) is 0 Å². The Kier molecular flexibility index (Phi) is 6.77. The zero-order valence-electron chi connectivity index (χ0n) is 11.9. The molecule has 2 N–H and O–H groups in total. The molecule has 0 bridgehead atoms. The summed E-state index contributed by atoms with van der Waals surface area (Å²) in [5.41, 5.74) is 0.785. The second-order valence-electron chi connectivity index (χ2n) is 4.70. The normalized spacial score (nSPS) is 12.2. The molecule has 1 aromatic carbocycles. The molecule has 0 aromatic heterocycles. The summed E-state index contributed by atoms with van der Waals surface area (Å²) in [5.74, 6) is -1.47. The summed E-state index contributed by atoms with van der Waals surface area (Å²) in [6.45, 7) is 4.06. The van der Waals surface area contributed by atoms with E-state index < -0.39 is 12.0 Å². The molecule has 0 aliphatic rings. The van der Waals surface area contributed by atoms with Crippen LogP contribution in [0.5, 0.6) is 0 Å². The van der Waals surface area contributed by atoms with Crippen molar-refractivity contribution in [1.82, 2.24) is 10.2 Å². The average Bonchev–Trinajstić information content (AvgIpc) is 2.38. The van der Waals surface area contributed by atoms with Gasteiger partial charge in [-0.15, -0.1) is 0 Å². The van der Waals surface area contributed by atoms with Gasteiger partial charge in [0.25, 0.3) is 0 Å². The number of carbonyl (C=O) groups excluding carboxylic acids is 1. The maximum absolute atomic E-state index is 13.1. The molecule has 0 saturated heterocycles. The minimum Gasteiger partial charge on any atom is -0.480 e. The summed E-state index contributed by atoms with van der Waals surface area (Å²) < 4.78 is 13.7. The first kappa shape index (κ1) is 17.6. The SMILES string of the molecule is CC(=O)NCCN(Cc1ccc(F)cc1Br)C(C)C(=O)O. The molecular formula is C14H18BrFN2O3. The maximum Gasteiger partial charge on any atom is 0.320 e. The highest BCUT2D eigenvalue weighted by molar-refractivity contribution is 9.10. The molecule has 116 valence electrons. The number of hydrogen-bond acceptors (Lipinski definition) is 3. The number of carbonyl (C=O) groups is 2. The molecule has 0 saturated carbocycles. The topological polar surface area (TPSA) is 69.6 Å². The number of benzene rings is 1. The number of nitrogens with one attached hydrogen (secondary N) is 1. The van der Waals surface area contributed by atoms with Gasteiger partial charge in [-0.1, -0.05) is 22.0 Å². The number of rotatable bonds is 7. The van der Waals surface area contributed by atoms with Gasteiger partial charge in [-0.2, -0.15) is 0 Å². The molecule has 5 nitrogen and oxygen atoms in total. The Labute approximate surface area is 131 Å². The van der Waals surface area contributed by atoms with Crippen molar-refractivity contribution >= 4 is 27.8 Å². The van der Waals surface area contributed by atoms with Crippen LogP contribution in [-0.2, 0) is 16.1 Å². The van der Waals surface area contributed by atoms with Crippen LogP contribution < -0.4 is 5.32 Å². The van der Waals surface area contributed by atoms with Crippen LogP contribution in [0.1, 0.15) is 19.4 Å². The van der Waals surface area contributed by atoms with Gasteiger partial charge in [-0.3, -0.25) is 14.5 Å². The summed E-state index contributed by atoms with van der Waals surface area (Å²) in [7, 11) is 0. The Morgan fingerprint density at radius 2 is 2.14 bits per heavy atom. The van der Waals surface area contributed by atoms with E-state index in [1.165, 1.54) is 19.1 Å². The predicted octanol–water partition coefficient (Wildman–Crippen LogP) is 2.00. The molecule has 0 aliphatic heterocycles. The Morgan fingerprint density at radius 3 is 2.67 bits per heavy atom. The number of hydrogen-bond donors (Lipinski definition) is 2. The highest BCUT2D eigenvalue weighted by Crippen LogP contribution is 2.20. The standard InChI is InChI=1S/C14H18BrFN2O3/c1-9(14(20)21)18(6-5-17-10(2)19)8-11-3-4-12(16)7-13(11)15/h3-4,7,9H,5-6,8H2,1-2H3,(H,17,19)(H,20,21). The minimum absolute atomic E-state index is 0.166. The van der Waals surface area contributed by atoms with Gasteiger partial charge in [0.15, 0.2) is 0 Å². The Balaban J connectivity index is 2.80. The van der Waals surface area contributed by atoms with Crippen LogP contribution in [0.2, 0.25) is 0 Å². The first-order valence-corrected chi connectivity index (χ1v) is 7.25. The molecule has 21 heavy (non-hydrogen) atoms. The van der Waals surface area contributed by atoms with E-state index in [2.05, 4.69) is 21.2 Å². The monoisotopic (exact) mass is 360 g/mol. The largest absolute Gasteiger partial charge is 0.480 e. The molecule has 0 radical (unpaired) electrons. The van der Waals surface area contributed by atoms with E-state index in [1.807, 2.05) is 0 Å². The number of nitrogens with zero attached hydrogens (tertiary/aromatic N) is 1. The van der Waals surface area contributed by atoms with E-state index in [1.54, 1.807) is 17.9 Å². The maximum atomic E-state index is 13.1. The van der Waals surface area contributed by atoms with Gasteiger partial charge in [-0.25, -0.2) is 4.39 Å². The molecule has 1 rings (SSSR count). The Bertz CT molecular complexity index is 525. The third-order valence-electron chi connectivity index (χ3n) is 3.07. The highest BCUT2D eigenvalue weighted by atomic mass is 79.9. The predicted molar refractivity (Wildman–Crippen MR) is 80.3 cm³/mol. The van der Waals surface area contributed by atoms with Crippen LogP contribution in [0, 0.1) is 5.82 Å². The lowest BCUT2D eigenvalue weighted by Gasteiger charge is -2.26. The number of amides is 1. The first-order valence-electron chi connectivity index (χ1n) is 6.46. The lowest BCUT2D eigenvalue weighted by Crippen LogP contribution is -2.42. The van der Waals surface area contributed by atoms with Gasteiger partial charge < -0.3 is 10.4 Å². The van der Waals surface area contributed by atoms with Gasteiger partial charge in [0.2, 0.25) is 5.91 Å². The van der Waals surface area contributed by atoms with Crippen molar-refractivity contribution < 1.29 is 19.1 Å². The van der Waals surface area contributed by atoms with E-state index in [4.69, 9.17) is 5.11 Å². The van der Waals surface area contributed by atoms with E-state index in [9.17, 15) is 14.0 Å². The summed E-state index contributed by atoms with van der Waals surface area (Å²) >= 11 is 3.27. The second-order valence-corrected chi connectivity index (χ2v) is 5.56. The lowest BCUT2D eigenvalue weighted by molar-refractivity contribution is -0.142. The quantitative estimate of drug-likeness (QED) is 0.780. The van der Waals surface area contributed by atoms with E-state index in [-0.39, 0.29) is 11.7 Å². The number of aliphatic carboxylic acids is 1. The Morgan fingerprint density at radius 1 is 1.48 bits per heavy atom. The van der Waals surface area contributed by atoms with E-state index >= 15 is 0 Å². The molecule has 1 amide bonds. The fourth-order valence-electron chi connectivity index (χ4n) is 1.81. The smallest absolute Gasteiger partial charge is 0.320 e. The Hall–Kier alpha value is -1.47. The second kappa shape index (κ2) is 8.09. The van der Waals surface area contributed by atoms with Crippen molar-refractivity contribution in [3.05, 3.63) is 34.1 Å². The summed E-state index contributed by atoms with van der Waals surface area (Å²) in [6, 6.07) is 3.57. The molecular weight excluding hydrogens is 343 g/mol. The average molecular weight is 361 g/mol. The molecule has 7 heteroatoms. The first-order chi connectivity index (χ1) is 9.81. The molecule has 0 fully saturated rings. The van der Waals surface area contributed by atoms with Gasteiger partial charge in [0.05, 0.1) is 0 Å². The zero-order chi connectivity index (χ0) is 16.0. The van der Waals surface area contributed by atoms with Crippen LogP contribution in [0.4, 0.5) is 4.39 Å². The fraction of sp³-hybridized carbons (Fsp3) is 0.429. The van der Waals surface area contributed by atoms with Crippen molar-refractivity contribution in [1.29, 1.82) is 0 Å². The van der Waals surface area contributed by atoms with Crippen LogP contribution in [0.3, 0.4) is 0 Å². The van der Waals surface area contributed by atoms with Gasteiger partial charge in [0, 0.05) is 31.0 Å². The van der Waals surface area contributed by atoms with Crippen LogP contribution in [0.15, 0.2) is 22.7 Å². The molecule has 1 atom stereocenters. The summed E-state index contributed by atoms with van der Waals surface area (Å²) in [5, 5.41) is 11.8. The number of carboxylic acids is 1. The molecule has 0 spiro atoms. The third kappa shape index (κ3) is 5.81. The number of halogens is 2. The highest BCUT2D eigenvalue weighted by Gasteiger charge is 2.21. The van der Waals surface area contributed by atoms with Gasteiger partial charge >= 0.3 is 5.97 Å². The third-order valence-corrected chi connectivity index (χ3v) is 3.80. The molecule has 1 unspecified atom stereocenters. The van der Waals surface area contributed by atoms with Gasteiger partial charge in [0.1, 0.15) is 11.9 Å². The fourth-order valence-corrected chi connectivity index (χ4v) is 2.29. The molecule has 1 aromatic rings. The number of carboxylic acid groups (broad SMARTS) is 1. The van der Waals surface area contributed by atoms with Crippen molar-refractivity contribution in [2.45, 2.75) is 26.4 Å². The van der Waals surface area contributed by atoms with Crippen LogP contribution >= 0.6 is 15.9 Å². The van der Waals surface area contributed by atoms with Crippen molar-refractivity contribution in [2.75, 3.05) is 13.1 Å². The van der Waals surface area contributed by atoms with Crippen LogP contribution in [0.25, 0.3) is 0 Å². The lowest BCUT2D eigenvalue weighted by atomic mass is 10.1. The van der Waals surface area contributed by atoms with E-state index in [0.717, 1.165) is 5.56 Å². The van der Waals surface area contributed by atoms with Crippen LogP contribution in [-0.4, -0.2) is 41.0 Å². The van der Waals surface area contributed by atoms with Crippen molar-refractivity contribution in [2.24, 2.45) is 0 Å². The molecule has 0 heterocycles. The summed E-state index contributed by atoms with van der Waals surface area (Å²) in [4.78, 5) is 23.8. The van der Waals surface area contributed by atoms with Crippen molar-refractivity contribution in [3.63, 3.8) is 0 Å². The van der Waals surface area contributed by atoms with E-state index in [0.29, 0.717) is 24.1 Å².